The van der Waals surface area contributed by atoms with E-state index in [0.717, 1.165) is 10.00 Å². The van der Waals surface area contributed by atoms with E-state index in [1.807, 2.05) is 18.2 Å². The van der Waals surface area contributed by atoms with Crippen molar-refractivity contribution in [2.24, 2.45) is 0 Å². The Morgan fingerprint density at radius 2 is 1.95 bits per heavy atom. The van der Waals surface area contributed by atoms with E-state index in [-0.39, 0.29) is 10.6 Å². The summed E-state index contributed by atoms with van der Waals surface area (Å²) in [6, 6.07) is 10.5. The largest absolute Gasteiger partial charge is 0.396 e. The van der Waals surface area contributed by atoms with Gasteiger partial charge in [-0.3, -0.25) is 4.98 Å². The number of pyridine rings is 1. The smallest absolute Gasteiger partial charge is 0.244 e. The second-order valence-corrected chi connectivity index (χ2v) is 6.80. The Kier molecular flexibility index (Phi) is 4.44. The quantitative estimate of drug-likeness (QED) is 0.818. The predicted molar refractivity (Wildman–Crippen MR) is 83.3 cm³/mol. The molecule has 1 heterocycles. The summed E-state index contributed by atoms with van der Waals surface area (Å²) in [5.41, 5.74) is 7.61. The number of rotatable bonds is 5. The van der Waals surface area contributed by atoms with E-state index in [9.17, 15) is 8.42 Å². The van der Waals surface area contributed by atoms with Gasteiger partial charge in [0.05, 0.1) is 23.6 Å². The summed E-state index contributed by atoms with van der Waals surface area (Å²) in [7, 11) is -0.610. The molecule has 1 aromatic carbocycles. The number of aromatic nitrogens is 1. The lowest BCUT2D eigenvalue weighted by Crippen LogP contribution is -2.23. The summed E-state index contributed by atoms with van der Waals surface area (Å²) in [5.74, 6) is 0. The molecule has 7 heteroatoms. The molecule has 0 aliphatic carbocycles. The number of sulfonamides is 1. The molecular formula is C14H18N4O2S. The van der Waals surface area contributed by atoms with Crippen LogP contribution in [0.25, 0.3) is 0 Å². The molecule has 0 saturated heterocycles. The van der Waals surface area contributed by atoms with Crippen LogP contribution in [0.1, 0.15) is 5.69 Å². The Morgan fingerprint density at radius 1 is 1.19 bits per heavy atom. The maximum absolute atomic E-state index is 12.2. The van der Waals surface area contributed by atoms with Crippen molar-refractivity contribution in [3.8, 4) is 0 Å². The minimum absolute atomic E-state index is 0.0959. The molecule has 6 nitrogen and oxygen atoms in total. The molecule has 0 radical (unpaired) electrons. The molecule has 1 aromatic heterocycles. The topological polar surface area (TPSA) is 88.3 Å². The lowest BCUT2D eigenvalue weighted by Gasteiger charge is -2.16. The summed E-state index contributed by atoms with van der Waals surface area (Å²) in [6.45, 7) is 0.469. The fourth-order valence-electron chi connectivity index (χ4n) is 1.81. The monoisotopic (exact) mass is 306 g/mol. The third-order valence-corrected chi connectivity index (χ3v) is 4.88. The summed E-state index contributed by atoms with van der Waals surface area (Å²) in [5, 5.41) is 3.11. The first-order chi connectivity index (χ1) is 9.93. The van der Waals surface area contributed by atoms with Crippen LogP contribution in [0.15, 0.2) is 47.5 Å². The van der Waals surface area contributed by atoms with Crippen molar-refractivity contribution >= 4 is 21.4 Å². The van der Waals surface area contributed by atoms with E-state index in [2.05, 4.69) is 10.3 Å². The van der Waals surface area contributed by atoms with Crippen LogP contribution in [0.5, 0.6) is 0 Å². The maximum atomic E-state index is 12.2. The second kappa shape index (κ2) is 6.11. The second-order valence-electron chi connectivity index (χ2n) is 4.68. The molecule has 3 N–H and O–H groups in total. The molecule has 2 aromatic rings. The van der Waals surface area contributed by atoms with Crippen molar-refractivity contribution < 1.29 is 8.42 Å². The molecule has 0 aliphatic rings. The van der Waals surface area contributed by atoms with E-state index in [0.29, 0.717) is 12.2 Å². The lowest BCUT2D eigenvalue weighted by atomic mass is 10.2. The number of hydrogen-bond acceptors (Lipinski definition) is 5. The van der Waals surface area contributed by atoms with Gasteiger partial charge in [-0.25, -0.2) is 12.7 Å². The third kappa shape index (κ3) is 3.32. The molecule has 112 valence electrons. The molecule has 0 atom stereocenters. The van der Waals surface area contributed by atoms with Gasteiger partial charge in [-0.1, -0.05) is 12.1 Å². The van der Waals surface area contributed by atoms with Crippen LogP contribution in [0.2, 0.25) is 0 Å². The van der Waals surface area contributed by atoms with E-state index < -0.39 is 10.0 Å². The molecule has 0 amide bonds. The number of anilines is 2. The average Bonchev–Trinajstić information content (AvgIpc) is 2.47. The van der Waals surface area contributed by atoms with Crippen LogP contribution < -0.4 is 11.1 Å². The molecule has 0 spiro atoms. The van der Waals surface area contributed by atoms with Gasteiger partial charge in [-0.2, -0.15) is 0 Å². The summed E-state index contributed by atoms with van der Waals surface area (Å²) >= 11 is 0. The summed E-state index contributed by atoms with van der Waals surface area (Å²) in [4.78, 5) is 4.29. The molecule has 2 rings (SSSR count). The highest BCUT2D eigenvalue weighted by Crippen LogP contribution is 2.28. The first-order valence-electron chi connectivity index (χ1n) is 6.37. The van der Waals surface area contributed by atoms with Crippen molar-refractivity contribution in [1.82, 2.24) is 9.29 Å². The van der Waals surface area contributed by atoms with Crippen molar-refractivity contribution in [2.45, 2.75) is 11.4 Å². The number of nitrogens with one attached hydrogen (secondary N) is 1. The van der Waals surface area contributed by atoms with Gasteiger partial charge in [-0.05, 0) is 24.3 Å². The Bertz CT molecular complexity index is 715. The van der Waals surface area contributed by atoms with Crippen molar-refractivity contribution in [3.05, 3.63) is 48.3 Å². The standard InChI is InChI=1S/C14H18N4O2S/c1-18(2)21(19,20)13-8-5-7-12(14(13)15)17-10-11-6-3-4-9-16-11/h3-9,17H,10,15H2,1-2H3. The van der Waals surface area contributed by atoms with Crippen LogP contribution in [-0.4, -0.2) is 31.8 Å². The Labute approximate surface area is 124 Å². The molecule has 21 heavy (non-hydrogen) atoms. The van der Waals surface area contributed by atoms with Gasteiger partial charge in [-0.15, -0.1) is 0 Å². The van der Waals surface area contributed by atoms with Crippen LogP contribution in [0.4, 0.5) is 11.4 Å². The van der Waals surface area contributed by atoms with Crippen molar-refractivity contribution in [2.75, 3.05) is 25.1 Å². The van der Waals surface area contributed by atoms with Crippen LogP contribution in [0, 0.1) is 0 Å². The molecule has 0 aliphatic heterocycles. The van der Waals surface area contributed by atoms with Gasteiger partial charge in [0, 0.05) is 20.3 Å². The Hall–Kier alpha value is -2.12. The fraction of sp³-hybridized carbons (Fsp3) is 0.214. The highest BCUT2D eigenvalue weighted by atomic mass is 32.2. The first kappa shape index (κ1) is 15.3. The maximum Gasteiger partial charge on any atom is 0.244 e. The number of benzene rings is 1. The molecule has 0 unspecified atom stereocenters. The van der Waals surface area contributed by atoms with Crippen molar-refractivity contribution in [1.29, 1.82) is 0 Å². The van der Waals surface area contributed by atoms with Gasteiger partial charge < -0.3 is 11.1 Å². The predicted octanol–water partition coefficient (Wildman–Crippen LogP) is 1.53. The van der Waals surface area contributed by atoms with E-state index >= 15 is 0 Å². The molecular weight excluding hydrogens is 288 g/mol. The van der Waals surface area contributed by atoms with E-state index in [1.165, 1.54) is 20.2 Å². The number of nitrogens with zero attached hydrogens (tertiary/aromatic N) is 2. The molecule has 0 bridgehead atoms. The average molecular weight is 306 g/mol. The number of hydrogen-bond donors (Lipinski definition) is 2. The van der Waals surface area contributed by atoms with Crippen molar-refractivity contribution in [3.63, 3.8) is 0 Å². The molecule has 0 saturated carbocycles. The van der Waals surface area contributed by atoms with E-state index in [4.69, 9.17) is 5.73 Å². The van der Waals surface area contributed by atoms with E-state index in [1.54, 1.807) is 18.3 Å². The number of nitrogens with two attached hydrogens (primary N) is 1. The van der Waals surface area contributed by atoms with Gasteiger partial charge in [0.15, 0.2) is 0 Å². The zero-order valence-corrected chi connectivity index (χ0v) is 12.8. The molecule has 0 fully saturated rings. The Morgan fingerprint density at radius 3 is 2.57 bits per heavy atom. The van der Waals surface area contributed by atoms with Gasteiger partial charge in [0.1, 0.15) is 4.90 Å². The first-order valence-corrected chi connectivity index (χ1v) is 7.81. The van der Waals surface area contributed by atoms with Crippen LogP contribution in [0.3, 0.4) is 0 Å². The zero-order valence-electron chi connectivity index (χ0n) is 11.9. The minimum atomic E-state index is -3.56. The summed E-state index contributed by atoms with van der Waals surface area (Å²) < 4.78 is 25.5. The zero-order chi connectivity index (χ0) is 15.5. The number of para-hydroxylation sites is 1. The van der Waals surface area contributed by atoms with Crippen LogP contribution in [-0.2, 0) is 16.6 Å². The summed E-state index contributed by atoms with van der Waals surface area (Å²) in [6.07, 6.45) is 1.70. The fourth-order valence-corrected chi connectivity index (χ4v) is 2.84. The van der Waals surface area contributed by atoms with Crippen LogP contribution >= 0.6 is 0 Å². The van der Waals surface area contributed by atoms with Gasteiger partial charge in [0.25, 0.3) is 0 Å². The third-order valence-electron chi connectivity index (χ3n) is 3.01. The highest BCUT2D eigenvalue weighted by molar-refractivity contribution is 7.89. The highest BCUT2D eigenvalue weighted by Gasteiger charge is 2.21. The Balaban J connectivity index is 2.27. The minimum Gasteiger partial charge on any atom is -0.396 e. The lowest BCUT2D eigenvalue weighted by molar-refractivity contribution is 0.521. The SMILES string of the molecule is CN(C)S(=O)(=O)c1cccc(NCc2ccccn2)c1N. The van der Waals surface area contributed by atoms with Gasteiger partial charge >= 0.3 is 0 Å². The number of nitrogen functional groups attached to an aromatic ring is 1. The van der Waals surface area contributed by atoms with Gasteiger partial charge in [0.2, 0.25) is 10.0 Å². The normalized spacial score (nSPS) is 11.6.